The predicted molar refractivity (Wildman–Crippen MR) is 90.3 cm³/mol. The minimum Gasteiger partial charge on any atom is -0.444 e. The molecule has 0 unspecified atom stereocenters. The Balaban J connectivity index is 1.81. The monoisotopic (exact) mass is 313 g/mol. The fraction of sp³-hybridized carbons (Fsp3) is 0.444. The van der Waals surface area contributed by atoms with Crippen molar-refractivity contribution in [2.45, 2.75) is 39.7 Å². The molecule has 1 aliphatic rings. The molecule has 0 aliphatic carbocycles. The van der Waals surface area contributed by atoms with Gasteiger partial charge in [0.05, 0.1) is 11.4 Å². The number of aromatic nitrogens is 2. The van der Waals surface area contributed by atoms with E-state index in [1.54, 1.807) is 4.90 Å². The van der Waals surface area contributed by atoms with Gasteiger partial charge in [-0.25, -0.2) is 9.78 Å². The second-order valence-electron chi connectivity index (χ2n) is 6.88. The fourth-order valence-corrected chi connectivity index (χ4v) is 2.88. The zero-order chi connectivity index (χ0) is 16.6. The van der Waals surface area contributed by atoms with E-state index in [1.807, 2.05) is 52.1 Å². The van der Waals surface area contributed by atoms with E-state index in [-0.39, 0.29) is 6.09 Å². The van der Waals surface area contributed by atoms with E-state index in [9.17, 15) is 4.79 Å². The molecule has 0 spiro atoms. The summed E-state index contributed by atoms with van der Waals surface area (Å²) in [6.45, 7) is 8.93. The molecule has 1 aliphatic heterocycles. The minimum absolute atomic E-state index is 0.248. The lowest BCUT2D eigenvalue weighted by Crippen LogP contribution is -2.39. The Kier molecular flexibility index (Phi) is 3.88. The highest BCUT2D eigenvalue weighted by Crippen LogP contribution is 2.26. The van der Waals surface area contributed by atoms with Crippen LogP contribution in [-0.2, 0) is 4.74 Å². The van der Waals surface area contributed by atoms with Gasteiger partial charge in [-0.15, -0.1) is 0 Å². The number of hydrogen-bond donors (Lipinski definition) is 0. The molecule has 0 aromatic carbocycles. The molecule has 2 aromatic heterocycles. The molecule has 1 amide bonds. The first kappa shape index (κ1) is 15.6. The van der Waals surface area contributed by atoms with E-state index >= 15 is 0 Å². The summed E-state index contributed by atoms with van der Waals surface area (Å²) in [5, 5.41) is 0. The van der Waals surface area contributed by atoms with Crippen molar-refractivity contribution in [3.05, 3.63) is 41.9 Å². The minimum atomic E-state index is -0.459. The molecule has 0 atom stereocenters. The van der Waals surface area contributed by atoms with Crippen molar-refractivity contribution >= 4 is 17.3 Å². The van der Waals surface area contributed by atoms with Gasteiger partial charge in [0.25, 0.3) is 0 Å². The van der Waals surface area contributed by atoms with Crippen molar-refractivity contribution in [1.29, 1.82) is 0 Å². The summed E-state index contributed by atoms with van der Waals surface area (Å²) < 4.78 is 7.55. The average Bonchev–Trinajstić information content (AvgIpc) is 2.81. The van der Waals surface area contributed by atoms with Crippen LogP contribution in [0.5, 0.6) is 0 Å². The molecule has 2 aromatic rings. The van der Waals surface area contributed by atoms with Crippen LogP contribution in [0.15, 0.2) is 30.5 Å². The fourth-order valence-electron chi connectivity index (χ4n) is 2.88. The van der Waals surface area contributed by atoms with Gasteiger partial charge < -0.3 is 9.64 Å². The Hall–Kier alpha value is -2.30. The maximum atomic E-state index is 12.1. The summed E-state index contributed by atoms with van der Waals surface area (Å²) in [6, 6.07) is 6.01. The smallest absolute Gasteiger partial charge is 0.410 e. The van der Waals surface area contributed by atoms with Gasteiger partial charge in [-0.2, -0.15) is 0 Å². The third-order valence-electron chi connectivity index (χ3n) is 3.87. The molecular weight excluding hydrogens is 290 g/mol. The molecule has 0 fully saturated rings. The van der Waals surface area contributed by atoms with Crippen LogP contribution in [0.1, 0.15) is 38.6 Å². The van der Waals surface area contributed by atoms with Crippen LogP contribution in [0.3, 0.4) is 0 Å². The van der Waals surface area contributed by atoms with Crippen LogP contribution >= 0.6 is 0 Å². The molecule has 3 heterocycles. The standard InChI is InChI=1S/C18H23N3O2/c1-13-16(21-10-6-5-7-15(21)19-13)14-8-11-20(12-9-14)17(22)23-18(2,3)4/h5-8,10H,9,11-12H2,1-4H3. The van der Waals surface area contributed by atoms with Crippen molar-refractivity contribution < 1.29 is 9.53 Å². The Morgan fingerprint density at radius 1 is 1.30 bits per heavy atom. The molecular formula is C18H23N3O2. The van der Waals surface area contributed by atoms with Gasteiger partial charge in [0.15, 0.2) is 0 Å². The number of imidazole rings is 1. The van der Waals surface area contributed by atoms with Crippen molar-refractivity contribution in [2.75, 3.05) is 13.1 Å². The van der Waals surface area contributed by atoms with Gasteiger partial charge in [0, 0.05) is 19.3 Å². The average molecular weight is 313 g/mol. The number of rotatable bonds is 1. The van der Waals surface area contributed by atoms with E-state index in [0.717, 1.165) is 23.5 Å². The number of hydrogen-bond acceptors (Lipinski definition) is 3. The van der Waals surface area contributed by atoms with Gasteiger partial charge in [-0.1, -0.05) is 12.1 Å². The highest BCUT2D eigenvalue weighted by molar-refractivity contribution is 5.73. The first-order chi connectivity index (χ1) is 10.8. The summed E-state index contributed by atoms with van der Waals surface area (Å²) in [4.78, 5) is 18.5. The lowest BCUT2D eigenvalue weighted by Gasteiger charge is -2.29. The number of amides is 1. The lowest BCUT2D eigenvalue weighted by molar-refractivity contribution is 0.0270. The van der Waals surface area contributed by atoms with Crippen molar-refractivity contribution in [1.82, 2.24) is 14.3 Å². The van der Waals surface area contributed by atoms with E-state index in [0.29, 0.717) is 13.1 Å². The number of carbonyl (C=O) groups excluding carboxylic acids is 1. The van der Waals surface area contributed by atoms with Gasteiger partial charge in [0.2, 0.25) is 0 Å². The van der Waals surface area contributed by atoms with Crippen molar-refractivity contribution in [3.8, 4) is 0 Å². The zero-order valence-corrected chi connectivity index (χ0v) is 14.2. The number of carbonyl (C=O) groups is 1. The number of pyridine rings is 1. The maximum Gasteiger partial charge on any atom is 0.410 e. The molecule has 23 heavy (non-hydrogen) atoms. The predicted octanol–water partition coefficient (Wildman–Crippen LogP) is 3.67. The molecule has 5 heteroatoms. The van der Waals surface area contributed by atoms with Crippen LogP contribution in [0.4, 0.5) is 4.79 Å². The lowest BCUT2D eigenvalue weighted by atomic mass is 10.0. The van der Waals surface area contributed by atoms with Crippen LogP contribution in [-0.4, -0.2) is 39.1 Å². The van der Waals surface area contributed by atoms with Gasteiger partial charge in [0.1, 0.15) is 11.2 Å². The second-order valence-corrected chi connectivity index (χ2v) is 6.88. The van der Waals surface area contributed by atoms with Crippen LogP contribution in [0, 0.1) is 6.92 Å². The van der Waals surface area contributed by atoms with Gasteiger partial charge >= 0.3 is 6.09 Å². The quantitative estimate of drug-likeness (QED) is 0.807. The summed E-state index contributed by atoms with van der Waals surface area (Å²) >= 11 is 0. The Bertz CT molecular complexity index is 768. The van der Waals surface area contributed by atoms with E-state index < -0.39 is 5.60 Å². The van der Waals surface area contributed by atoms with Crippen molar-refractivity contribution in [3.63, 3.8) is 0 Å². The highest BCUT2D eigenvalue weighted by Gasteiger charge is 2.25. The normalized spacial score (nSPS) is 15.7. The number of nitrogens with zero attached hydrogens (tertiary/aromatic N) is 3. The van der Waals surface area contributed by atoms with Crippen LogP contribution < -0.4 is 0 Å². The summed E-state index contributed by atoms with van der Waals surface area (Å²) in [5.74, 6) is 0. The molecule has 0 saturated carbocycles. The van der Waals surface area contributed by atoms with E-state index in [1.165, 1.54) is 5.57 Å². The maximum absolute atomic E-state index is 12.1. The number of aryl methyl sites for hydroxylation is 1. The van der Waals surface area contributed by atoms with Gasteiger partial charge in [-0.3, -0.25) is 4.40 Å². The second kappa shape index (κ2) is 5.72. The Labute approximate surface area is 136 Å². The summed E-state index contributed by atoms with van der Waals surface area (Å²) in [5.41, 5.74) is 3.90. The largest absolute Gasteiger partial charge is 0.444 e. The van der Waals surface area contributed by atoms with E-state index in [2.05, 4.69) is 15.5 Å². The zero-order valence-electron chi connectivity index (χ0n) is 14.2. The summed E-state index contributed by atoms with van der Waals surface area (Å²) in [7, 11) is 0. The molecule has 122 valence electrons. The van der Waals surface area contributed by atoms with Crippen molar-refractivity contribution in [2.24, 2.45) is 0 Å². The molecule has 0 N–H and O–H groups in total. The third kappa shape index (κ3) is 3.23. The van der Waals surface area contributed by atoms with Crippen LogP contribution in [0.25, 0.3) is 11.2 Å². The highest BCUT2D eigenvalue weighted by atomic mass is 16.6. The number of fused-ring (bicyclic) bond motifs is 1. The molecule has 0 saturated heterocycles. The molecule has 0 radical (unpaired) electrons. The third-order valence-corrected chi connectivity index (χ3v) is 3.87. The molecule has 5 nitrogen and oxygen atoms in total. The summed E-state index contributed by atoms with van der Waals surface area (Å²) in [6.07, 6.45) is 4.70. The Morgan fingerprint density at radius 3 is 2.74 bits per heavy atom. The number of ether oxygens (including phenoxy) is 1. The molecule has 3 rings (SSSR count). The SMILES string of the molecule is Cc1nc2ccccn2c1C1=CCN(C(=O)OC(C)(C)C)CC1. The topological polar surface area (TPSA) is 46.8 Å². The molecule has 0 bridgehead atoms. The first-order valence-electron chi connectivity index (χ1n) is 7.96. The Morgan fingerprint density at radius 2 is 2.09 bits per heavy atom. The van der Waals surface area contributed by atoms with Crippen LogP contribution in [0.2, 0.25) is 0 Å². The first-order valence-corrected chi connectivity index (χ1v) is 7.96. The van der Waals surface area contributed by atoms with Gasteiger partial charge in [-0.05, 0) is 51.8 Å². The van der Waals surface area contributed by atoms with E-state index in [4.69, 9.17) is 4.74 Å².